The molecule has 0 aromatic heterocycles. The van der Waals surface area contributed by atoms with E-state index in [2.05, 4.69) is 25.7 Å². The predicted molar refractivity (Wildman–Crippen MR) is 66.6 cm³/mol. The maximum Gasteiger partial charge on any atom is 0.0695 e. The highest BCUT2D eigenvalue weighted by molar-refractivity contribution is 4.84. The van der Waals surface area contributed by atoms with Crippen molar-refractivity contribution in [2.45, 2.75) is 64.6 Å². The van der Waals surface area contributed by atoms with Crippen LogP contribution in [0, 0.1) is 0 Å². The van der Waals surface area contributed by atoms with Gasteiger partial charge in [-0.15, -0.1) is 0 Å². The smallest absolute Gasteiger partial charge is 0.0695 e. The van der Waals surface area contributed by atoms with Crippen molar-refractivity contribution in [3.8, 4) is 0 Å². The van der Waals surface area contributed by atoms with Gasteiger partial charge >= 0.3 is 0 Å². The lowest BCUT2D eigenvalue weighted by Gasteiger charge is -2.42. The molecule has 0 saturated carbocycles. The molecule has 16 heavy (non-hydrogen) atoms. The molecule has 3 heteroatoms. The van der Waals surface area contributed by atoms with Crippen LogP contribution in [0.5, 0.6) is 0 Å². The molecule has 1 aliphatic heterocycles. The van der Waals surface area contributed by atoms with Crippen LogP contribution in [0.4, 0.5) is 0 Å². The fraction of sp³-hybridized carbons (Fsp3) is 1.00. The number of hydrogen-bond acceptors (Lipinski definition) is 3. The van der Waals surface area contributed by atoms with Gasteiger partial charge in [-0.05, 0) is 19.3 Å². The van der Waals surface area contributed by atoms with Gasteiger partial charge in [0, 0.05) is 18.6 Å². The second-order valence-corrected chi connectivity index (χ2v) is 4.71. The van der Waals surface area contributed by atoms with Crippen LogP contribution < -0.4 is 0 Å². The lowest BCUT2D eigenvalue weighted by molar-refractivity contribution is -0.0624. The minimum atomic E-state index is -0.179. The van der Waals surface area contributed by atoms with E-state index in [1.807, 2.05) is 0 Å². The van der Waals surface area contributed by atoms with Gasteiger partial charge in [0.15, 0.2) is 0 Å². The molecular formula is C13H27NO2. The molecule has 1 saturated heterocycles. The summed E-state index contributed by atoms with van der Waals surface area (Å²) in [5.74, 6) is 0. The topological polar surface area (TPSA) is 32.7 Å². The Bertz CT molecular complexity index is 187. The molecule has 0 amide bonds. The lowest BCUT2D eigenvalue weighted by atomic mass is 9.99. The molecule has 0 spiro atoms. The number of rotatable bonds is 6. The standard InChI is InChI=1S/C13H27NO2/c1-4-7-13(15)12(6-3)14-8-9-16-10-11(14)5-2/h11-13,15H,4-10H2,1-3H3. The predicted octanol–water partition coefficient (Wildman–Crippen LogP) is 2.04. The lowest BCUT2D eigenvalue weighted by Crippen LogP contribution is -2.54. The Morgan fingerprint density at radius 2 is 2.12 bits per heavy atom. The summed E-state index contributed by atoms with van der Waals surface area (Å²) in [6.07, 6.45) is 3.92. The highest BCUT2D eigenvalue weighted by Crippen LogP contribution is 2.20. The van der Waals surface area contributed by atoms with Crippen LogP contribution in [-0.4, -0.2) is 48.0 Å². The van der Waals surface area contributed by atoms with Gasteiger partial charge in [-0.2, -0.15) is 0 Å². The summed E-state index contributed by atoms with van der Waals surface area (Å²) in [6, 6.07) is 0.805. The number of nitrogens with zero attached hydrogens (tertiary/aromatic N) is 1. The third-order valence-corrected chi connectivity index (χ3v) is 3.62. The van der Waals surface area contributed by atoms with E-state index in [0.717, 1.165) is 45.4 Å². The first-order valence-corrected chi connectivity index (χ1v) is 6.76. The first kappa shape index (κ1) is 13.9. The quantitative estimate of drug-likeness (QED) is 0.756. The second-order valence-electron chi connectivity index (χ2n) is 4.71. The van der Waals surface area contributed by atoms with Crippen molar-refractivity contribution in [3.63, 3.8) is 0 Å². The van der Waals surface area contributed by atoms with Crippen molar-refractivity contribution in [3.05, 3.63) is 0 Å². The Kier molecular flexibility index (Phi) is 6.32. The molecule has 0 aliphatic carbocycles. The van der Waals surface area contributed by atoms with E-state index in [-0.39, 0.29) is 6.10 Å². The number of aliphatic hydroxyl groups excluding tert-OH is 1. The molecule has 0 aromatic carbocycles. The van der Waals surface area contributed by atoms with Crippen molar-refractivity contribution in [1.29, 1.82) is 0 Å². The molecule has 1 N–H and O–H groups in total. The molecule has 1 rings (SSSR count). The third kappa shape index (κ3) is 3.44. The van der Waals surface area contributed by atoms with Gasteiger partial charge in [0.25, 0.3) is 0 Å². The fourth-order valence-corrected chi connectivity index (χ4v) is 2.67. The monoisotopic (exact) mass is 229 g/mol. The Hall–Kier alpha value is -0.120. The van der Waals surface area contributed by atoms with Gasteiger partial charge < -0.3 is 9.84 Å². The zero-order valence-corrected chi connectivity index (χ0v) is 11.0. The van der Waals surface area contributed by atoms with E-state index in [0.29, 0.717) is 12.1 Å². The molecule has 0 bridgehead atoms. The maximum absolute atomic E-state index is 10.2. The van der Waals surface area contributed by atoms with Gasteiger partial charge in [-0.1, -0.05) is 27.2 Å². The zero-order chi connectivity index (χ0) is 12.0. The Balaban J connectivity index is 2.61. The van der Waals surface area contributed by atoms with Crippen LogP contribution in [0.15, 0.2) is 0 Å². The Labute approximate surface area is 99.8 Å². The molecule has 0 radical (unpaired) electrons. The van der Waals surface area contributed by atoms with Crippen molar-refractivity contribution < 1.29 is 9.84 Å². The van der Waals surface area contributed by atoms with E-state index >= 15 is 0 Å². The average molecular weight is 229 g/mol. The summed E-state index contributed by atoms with van der Waals surface area (Å²) < 4.78 is 5.51. The molecule has 1 aliphatic rings. The molecule has 3 atom stereocenters. The first-order valence-electron chi connectivity index (χ1n) is 6.76. The molecule has 3 unspecified atom stereocenters. The largest absolute Gasteiger partial charge is 0.391 e. The summed E-state index contributed by atoms with van der Waals surface area (Å²) >= 11 is 0. The van der Waals surface area contributed by atoms with Crippen LogP contribution in [0.2, 0.25) is 0 Å². The molecule has 1 fully saturated rings. The van der Waals surface area contributed by atoms with E-state index in [4.69, 9.17) is 4.74 Å². The van der Waals surface area contributed by atoms with Crippen LogP contribution in [-0.2, 0) is 4.74 Å². The van der Waals surface area contributed by atoms with Crippen molar-refractivity contribution in [2.24, 2.45) is 0 Å². The fourth-order valence-electron chi connectivity index (χ4n) is 2.67. The van der Waals surface area contributed by atoms with E-state index in [9.17, 15) is 5.11 Å². The van der Waals surface area contributed by atoms with Crippen LogP contribution in [0.25, 0.3) is 0 Å². The maximum atomic E-state index is 10.2. The second kappa shape index (κ2) is 7.25. The highest BCUT2D eigenvalue weighted by Gasteiger charge is 2.31. The summed E-state index contributed by atoms with van der Waals surface area (Å²) in [7, 11) is 0. The summed E-state index contributed by atoms with van der Waals surface area (Å²) in [5.41, 5.74) is 0. The minimum Gasteiger partial charge on any atom is -0.391 e. The van der Waals surface area contributed by atoms with E-state index in [1.165, 1.54) is 0 Å². The molecular weight excluding hydrogens is 202 g/mol. The van der Waals surface area contributed by atoms with Crippen LogP contribution in [0.3, 0.4) is 0 Å². The Morgan fingerprint density at radius 3 is 2.69 bits per heavy atom. The normalized spacial score (nSPS) is 26.6. The SMILES string of the molecule is CCCC(O)C(CC)N1CCOCC1CC. The number of hydrogen-bond donors (Lipinski definition) is 1. The first-order chi connectivity index (χ1) is 7.74. The van der Waals surface area contributed by atoms with Gasteiger partial charge in [0.1, 0.15) is 0 Å². The highest BCUT2D eigenvalue weighted by atomic mass is 16.5. The molecule has 3 nitrogen and oxygen atoms in total. The van der Waals surface area contributed by atoms with Crippen LogP contribution >= 0.6 is 0 Å². The number of aliphatic hydroxyl groups is 1. The molecule has 1 heterocycles. The third-order valence-electron chi connectivity index (χ3n) is 3.62. The average Bonchev–Trinajstić information content (AvgIpc) is 2.31. The molecule has 96 valence electrons. The zero-order valence-electron chi connectivity index (χ0n) is 11.0. The van der Waals surface area contributed by atoms with Gasteiger partial charge in [-0.25, -0.2) is 0 Å². The minimum absolute atomic E-state index is 0.179. The summed E-state index contributed by atoms with van der Waals surface area (Å²) in [4.78, 5) is 2.46. The molecule has 0 aromatic rings. The van der Waals surface area contributed by atoms with Crippen molar-refractivity contribution in [2.75, 3.05) is 19.8 Å². The van der Waals surface area contributed by atoms with Crippen LogP contribution in [0.1, 0.15) is 46.5 Å². The van der Waals surface area contributed by atoms with Gasteiger partial charge in [0.2, 0.25) is 0 Å². The van der Waals surface area contributed by atoms with Crippen molar-refractivity contribution in [1.82, 2.24) is 4.90 Å². The Morgan fingerprint density at radius 1 is 1.38 bits per heavy atom. The number of morpholine rings is 1. The summed E-state index contributed by atoms with van der Waals surface area (Å²) in [5, 5.41) is 10.2. The van der Waals surface area contributed by atoms with Gasteiger partial charge in [0.05, 0.1) is 19.3 Å². The number of ether oxygens (including phenoxy) is 1. The van der Waals surface area contributed by atoms with Crippen molar-refractivity contribution >= 4 is 0 Å². The van der Waals surface area contributed by atoms with E-state index < -0.39 is 0 Å². The van der Waals surface area contributed by atoms with E-state index in [1.54, 1.807) is 0 Å². The van der Waals surface area contributed by atoms with Gasteiger partial charge in [-0.3, -0.25) is 4.90 Å². The summed E-state index contributed by atoms with van der Waals surface area (Å²) in [6.45, 7) is 9.11.